The second kappa shape index (κ2) is 6.45. The van der Waals surface area contributed by atoms with E-state index in [4.69, 9.17) is 0 Å². The molecule has 106 valence electrons. The first-order chi connectivity index (χ1) is 10.3. The molecule has 0 aliphatic carbocycles. The van der Waals surface area contributed by atoms with Crippen LogP contribution in [0.25, 0.3) is 10.8 Å². The number of hydrogen-bond acceptors (Lipinski definition) is 1. The maximum Gasteiger partial charge on any atom is 0.0421 e. The van der Waals surface area contributed by atoms with Gasteiger partial charge in [0, 0.05) is 17.1 Å². The zero-order valence-electron chi connectivity index (χ0n) is 12.4. The van der Waals surface area contributed by atoms with E-state index in [2.05, 4.69) is 85.0 Å². The van der Waals surface area contributed by atoms with E-state index in [1.807, 2.05) is 0 Å². The van der Waals surface area contributed by atoms with Crippen LogP contribution < -0.4 is 5.32 Å². The van der Waals surface area contributed by atoms with Crippen molar-refractivity contribution in [2.24, 2.45) is 0 Å². The first kappa shape index (κ1) is 13.7. The van der Waals surface area contributed by atoms with Crippen molar-refractivity contribution in [2.45, 2.75) is 25.8 Å². The molecule has 0 aromatic heterocycles. The minimum atomic E-state index is 0.455. The number of nitrogens with one attached hydrogen (secondary N) is 1. The predicted molar refractivity (Wildman–Crippen MR) is 91.8 cm³/mol. The molecule has 1 N–H and O–H groups in total. The summed E-state index contributed by atoms with van der Waals surface area (Å²) < 4.78 is 0. The molecular formula is C20H21N. The maximum absolute atomic E-state index is 3.66. The van der Waals surface area contributed by atoms with Crippen molar-refractivity contribution in [3.63, 3.8) is 0 Å². The zero-order chi connectivity index (χ0) is 14.5. The van der Waals surface area contributed by atoms with E-state index >= 15 is 0 Å². The summed E-state index contributed by atoms with van der Waals surface area (Å²) in [4.78, 5) is 0. The van der Waals surface area contributed by atoms with Crippen molar-refractivity contribution < 1.29 is 0 Å². The molecule has 1 atom stereocenters. The minimum Gasteiger partial charge on any atom is -0.382 e. The van der Waals surface area contributed by atoms with Crippen LogP contribution in [0.4, 0.5) is 5.69 Å². The molecule has 0 saturated heterocycles. The summed E-state index contributed by atoms with van der Waals surface area (Å²) in [6.07, 6.45) is 2.24. The molecule has 0 aliphatic heterocycles. The molecule has 3 aromatic carbocycles. The molecule has 0 aliphatic rings. The van der Waals surface area contributed by atoms with Gasteiger partial charge < -0.3 is 5.32 Å². The Morgan fingerprint density at radius 2 is 1.52 bits per heavy atom. The van der Waals surface area contributed by atoms with Gasteiger partial charge in [0.05, 0.1) is 0 Å². The summed E-state index contributed by atoms with van der Waals surface area (Å²) in [7, 11) is 0. The van der Waals surface area contributed by atoms with Gasteiger partial charge in [-0.25, -0.2) is 0 Å². The van der Waals surface area contributed by atoms with Gasteiger partial charge in [0.1, 0.15) is 0 Å². The monoisotopic (exact) mass is 275 g/mol. The fraction of sp³-hybridized carbons (Fsp3) is 0.200. The Labute approximate surface area is 126 Å². The molecule has 1 heteroatoms. The highest BCUT2D eigenvalue weighted by Gasteiger charge is 2.05. The number of benzene rings is 3. The molecule has 3 aromatic rings. The first-order valence-electron chi connectivity index (χ1n) is 7.61. The van der Waals surface area contributed by atoms with E-state index in [0.29, 0.717) is 6.04 Å². The van der Waals surface area contributed by atoms with E-state index in [-0.39, 0.29) is 0 Å². The molecule has 0 saturated carbocycles. The van der Waals surface area contributed by atoms with Crippen molar-refractivity contribution in [1.82, 2.24) is 0 Å². The lowest BCUT2D eigenvalue weighted by Crippen LogP contribution is -2.16. The molecule has 0 heterocycles. The third kappa shape index (κ3) is 3.43. The van der Waals surface area contributed by atoms with E-state index in [1.54, 1.807) is 0 Å². The highest BCUT2D eigenvalue weighted by atomic mass is 14.9. The number of rotatable bonds is 5. The lowest BCUT2D eigenvalue weighted by atomic mass is 10.0. The fourth-order valence-corrected chi connectivity index (χ4v) is 2.72. The van der Waals surface area contributed by atoms with Gasteiger partial charge in [-0.2, -0.15) is 0 Å². The summed E-state index contributed by atoms with van der Waals surface area (Å²) in [5.74, 6) is 0. The Hall–Kier alpha value is -2.28. The standard InChI is InChI=1S/C20H21N/c1-16(14-15-17-8-3-2-4-9-17)21-20-13-7-11-18-10-5-6-12-19(18)20/h2-13,16,21H,14-15H2,1H3. The average Bonchev–Trinajstić information content (AvgIpc) is 2.54. The van der Waals surface area contributed by atoms with Crippen LogP contribution in [0.3, 0.4) is 0 Å². The topological polar surface area (TPSA) is 12.0 Å². The average molecular weight is 275 g/mol. The van der Waals surface area contributed by atoms with E-state index in [0.717, 1.165) is 12.8 Å². The number of hydrogen-bond donors (Lipinski definition) is 1. The van der Waals surface area contributed by atoms with Crippen molar-refractivity contribution >= 4 is 16.5 Å². The van der Waals surface area contributed by atoms with Gasteiger partial charge in [0.2, 0.25) is 0 Å². The number of anilines is 1. The van der Waals surface area contributed by atoms with Crippen LogP contribution in [0.2, 0.25) is 0 Å². The van der Waals surface area contributed by atoms with E-state index < -0.39 is 0 Å². The van der Waals surface area contributed by atoms with Crippen LogP contribution in [-0.2, 0) is 6.42 Å². The van der Waals surface area contributed by atoms with E-state index in [9.17, 15) is 0 Å². The highest BCUT2D eigenvalue weighted by molar-refractivity contribution is 5.93. The predicted octanol–water partition coefficient (Wildman–Crippen LogP) is 5.27. The van der Waals surface area contributed by atoms with Crippen molar-refractivity contribution in [3.8, 4) is 0 Å². The van der Waals surface area contributed by atoms with Crippen LogP contribution in [-0.4, -0.2) is 6.04 Å². The fourth-order valence-electron chi connectivity index (χ4n) is 2.72. The van der Waals surface area contributed by atoms with Gasteiger partial charge in [-0.15, -0.1) is 0 Å². The molecule has 0 amide bonds. The third-order valence-corrected chi connectivity index (χ3v) is 3.90. The molecule has 0 fully saturated rings. The molecular weight excluding hydrogens is 254 g/mol. The van der Waals surface area contributed by atoms with Crippen LogP contribution in [0.1, 0.15) is 18.9 Å². The summed E-state index contributed by atoms with van der Waals surface area (Å²) in [6, 6.07) is 26.1. The Balaban J connectivity index is 1.67. The molecule has 0 bridgehead atoms. The lowest BCUT2D eigenvalue weighted by molar-refractivity contribution is 0.707. The van der Waals surface area contributed by atoms with Gasteiger partial charge in [0.25, 0.3) is 0 Å². The van der Waals surface area contributed by atoms with Crippen molar-refractivity contribution in [1.29, 1.82) is 0 Å². The summed E-state index contributed by atoms with van der Waals surface area (Å²) >= 11 is 0. The number of aryl methyl sites for hydroxylation is 1. The molecule has 21 heavy (non-hydrogen) atoms. The van der Waals surface area contributed by atoms with Gasteiger partial charge in [0.15, 0.2) is 0 Å². The van der Waals surface area contributed by atoms with Crippen molar-refractivity contribution in [3.05, 3.63) is 78.4 Å². The smallest absolute Gasteiger partial charge is 0.0421 e. The largest absolute Gasteiger partial charge is 0.382 e. The Bertz CT molecular complexity index is 698. The zero-order valence-corrected chi connectivity index (χ0v) is 12.4. The molecule has 0 spiro atoms. The lowest BCUT2D eigenvalue weighted by Gasteiger charge is -2.17. The Kier molecular flexibility index (Phi) is 4.20. The molecule has 1 unspecified atom stereocenters. The van der Waals surface area contributed by atoms with E-state index in [1.165, 1.54) is 22.0 Å². The van der Waals surface area contributed by atoms with Crippen LogP contribution in [0, 0.1) is 0 Å². The second-order valence-corrected chi connectivity index (χ2v) is 5.60. The summed E-state index contributed by atoms with van der Waals surface area (Å²) in [5.41, 5.74) is 2.64. The highest BCUT2D eigenvalue weighted by Crippen LogP contribution is 2.24. The third-order valence-electron chi connectivity index (χ3n) is 3.90. The normalized spacial score (nSPS) is 12.2. The second-order valence-electron chi connectivity index (χ2n) is 5.60. The minimum absolute atomic E-state index is 0.455. The quantitative estimate of drug-likeness (QED) is 0.668. The SMILES string of the molecule is CC(CCc1ccccc1)Nc1cccc2ccccc12. The van der Waals surface area contributed by atoms with Gasteiger partial charge >= 0.3 is 0 Å². The Morgan fingerprint density at radius 1 is 0.810 bits per heavy atom. The van der Waals surface area contributed by atoms with Gasteiger partial charge in [-0.3, -0.25) is 0 Å². The Morgan fingerprint density at radius 3 is 2.38 bits per heavy atom. The number of fused-ring (bicyclic) bond motifs is 1. The van der Waals surface area contributed by atoms with Crippen molar-refractivity contribution in [2.75, 3.05) is 5.32 Å². The van der Waals surface area contributed by atoms with Gasteiger partial charge in [-0.1, -0.05) is 66.7 Å². The van der Waals surface area contributed by atoms with Crippen LogP contribution >= 0.6 is 0 Å². The molecule has 0 radical (unpaired) electrons. The van der Waals surface area contributed by atoms with Gasteiger partial charge in [-0.05, 0) is 36.8 Å². The summed E-state index contributed by atoms with van der Waals surface area (Å²) in [6.45, 7) is 2.25. The maximum atomic E-state index is 3.66. The van der Waals surface area contributed by atoms with Crippen LogP contribution in [0.15, 0.2) is 72.8 Å². The molecule has 1 nitrogen and oxygen atoms in total. The first-order valence-corrected chi connectivity index (χ1v) is 7.61. The molecule has 3 rings (SSSR count). The summed E-state index contributed by atoms with van der Waals surface area (Å²) in [5, 5.41) is 6.24. The van der Waals surface area contributed by atoms with Crippen LogP contribution in [0.5, 0.6) is 0 Å².